The predicted octanol–water partition coefficient (Wildman–Crippen LogP) is 1.03. The van der Waals surface area contributed by atoms with E-state index >= 15 is 0 Å². The second-order valence-electron chi connectivity index (χ2n) is 1.99. The first kappa shape index (κ1) is 11.0. The van der Waals surface area contributed by atoms with E-state index in [1.165, 1.54) is 0 Å². The molecule has 0 aliphatic carbocycles. The molecule has 0 aromatic rings. The summed E-state index contributed by atoms with van der Waals surface area (Å²) in [5.41, 5.74) is -0.931. The van der Waals surface area contributed by atoms with Crippen molar-refractivity contribution in [3.8, 4) is 24.7 Å². The standard InChI is InChI=1S/C5H8O.C3H4/c1-4-5(2,3)6;1-3-2/h1,6H,2-3H3;1H,2H3. The Labute approximate surface area is 57.1 Å². The zero-order chi connectivity index (χ0) is 7.91. The van der Waals surface area contributed by atoms with Crippen molar-refractivity contribution in [2.45, 2.75) is 26.4 Å². The normalized spacial score (nSPS) is 7.78. The van der Waals surface area contributed by atoms with Gasteiger partial charge in [-0.25, -0.2) is 0 Å². The average molecular weight is 124 g/mol. The van der Waals surface area contributed by atoms with Gasteiger partial charge in [0.2, 0.25) is 0 Å². The van der Waals surface area contributed by atoms with E-state index in [-0.39, 0.29) is 0 Å². The average Bonchev–Trinajstić information content (AvgIpc) is 1.67. The highest BCUT2D eigenvalue weighted by Crippen LogP contribution is 1.93. The van der Waals surface area contributed by atoms with Crippen LogP contribution in [-0.4, -0.2) is 10.7 Å². The molecule has 0 aliphatic heterocycles. The van der Waals surface area contributed by atoms with Crippen molar-refractivity contribution in [1.29, 1.82) is 0 Å². The molecule has 0 aliphatic rings. The summed E-state index contributed by atoms with van der Waals surface area (Å²) in [6.45, 7) is 4.78. The van der Waals surface area contributed by atoms with Gasteiger partial charge >= 0.3 is 0 Å². The van der Waals surface area contributed by atoms with E-state index in [0.717, 1.165) is 0 Å². The molecule has 0 aromatic heterocycles. The van der Waals surface area contributed by atoms with Crippen molar-refractivity contribution < 1.29 is 5.11 Å². The van der Waals surface area contributed by atoms with E-state index in [9.17, 15) is 0 Å². The summed E-state index contributed by atoms with van der Waals surface area (Å²) in [5.74, 6) is 4.41. The molecule has 0 heterocycles. The maximum atomic E-state index is 8.59. The monoisotopic (exact) mass is 124 g/mol. The zero-order valence-electron chi connectivity index (χ0n) is 6.10. The van der Waals surface area contributed by atoms with Crippen molar-refractivity contribution in [3.63, 3.8) is 0 Å². The van der Waals surface area contributed by atoms with Crippen LogP contribution in [0.2, 0.25) is 0 Å². The summed E-state index contributed by atoms with van der Waals surface area (Å²) in [7, 11) is 0. The van der Waals surface area contributed by atoms with Crippen LogP contribution in [0.25, 0.3) is 0 Å². The second kappa shape index (κ2) is 5.22. The van der Waals surface area contributed by atoms with Crippen LogP contribution in [0, 0.1) is 24.7 Å². The summed E-state index contributed by atoms with van der Waals surface area (Å²) in [6.07, 6.45) is 9.40. The van der Waals surface area contributed by atoms with Gasteiger partial charge in [-0.15, -0.1) is 18.8 Å². The first-order valence-electron chi connectivity index (χ1n) is 2.55. The topological polar surface area (TPSA) is 20.2 Å². The lowest BCUT2D eigenvalue weighted by molar-refractivity contribution is 0.144. The van der Waals surface area contributed by atoms with Gasteiger partial charge in [0.05, 0.1) is 0 Å². The molecule has 0 radical (unpaired) electrons. The lowest BCUT2D eigenvalue weighted by Crippen LogP contribution is -2.13. The fourth-order valence-electron chi connectivity index (χ4n) is 0. The Kier molecular flexibility index (Phi) is 6.36. The van der Waals surface area contributed by atoms with E-state index in [1.54, 1.807) is 20.8 Å². The lowest BCUT2D eigenvalue weighted by Gasteiger charge is -2.04. The highest BCUT2D eigenvalue weighted by atomic mass is 16.3. The number of terminal acetylenes is 2. The van der Waals surface area contributed by atoms with Crippen molar-refractivity contribution in [3.05, 3.63) is 0 Å². The van der Waals surface area contributed by atoms with Crippen molar-refractivity contribution in [2.75, 3.05) is 0 Å². The Morgan fingerprint density at radius 3 is 1.44 bits per heavy atom. The number of rotatable bonds is 0. The third-order valence-corrected chi connectivity index (χ3v) is 0.353. The fraction of sp³-hybridized carbons (Fsp3) is 0.500. The molecule has 0 amide bonds. The summed E-state index contributed by atoms with van der Waals surface area (Å²) in [6, 6.07) is 0. The lowest BCUT2D eigenvalue weighted by atomic mass is 10.2. The molecule has 1 nitrogen and oxygen atoms in total. The van der Waals surface area contributed by atoms with Gasteiger partial charge in [-0.05, 0) is 20.8 Å². The predicted molar refractivity (Wildman–Crippen MR) is 39.6 cm³/mol. The molecule has 0 atom stereocenters. The molecule has 1 N–H and O–H groups in total. The molecule has 0 fully saturated rings. The van der Waals surface area contributed by atoms with Gasteiger partial charge in [-0.2, -0.15) is 0 Å². The quantitative estimate of drug-likeness (QED) is 0.478. The number of hydrogen-bond acceptors (Lipinski definition) is 1. The van der Waals surface area contributed by atoms with E-state index in [4.69, 9.17) is 11.5 Å². The van der Waals surface area contributed by atoms with Gasteiger partial charge in [-0.3, -0.25) is 0 Å². The summed E-state index contributed by atoms with van der Waals surface area (Å²) in [4.78, 5) is 0. The van der Waals surface area contributed by atoms with Gasteiger partial charge in [0.15, 0.2) is 0 Å². The molecule has 0 rings (SSSR count). The molecule has 0 spiro atoms. The van der Waals surface area contributed by atoms with Gasteiger partial charge in [0.25, 0.3) is 0 Å². The third kappa shape index (κ3) is 42.2. The van der Waals surface area contributed by atoms with Crippen molar-refractivity contribution >= 4 is 0 Å². The minimum atomic E-state index is -0.931. The minimum absolute atomic E-state index is 0.931. The number of aliphatic hydroxyl groups is 1. The fourth-order valence-corrected chi connectivity index (χ4v) is 0. The largest absolute Gasteiger partial charge is 0.378 e. The van der Waals surface area contributed by atoms with Crippen LogP contribution in [-0.2, 0) is 0 Å². The minimum Gasteiger partial charge on any atom is -0.378 e. The van der Waals surface area contributed by atoms with Crippen molar-refractivity contribution in [2.24, 2.45) is 0 Å². The van der Waals surface area contributed by atoms with Crippen LogP contribution in [0.15, 0.2) is 0 Å². The second-order valence-corrected chi connectivity index (χ2v) is 1.99. The first-order chi connectivity index (χ1) is 3.97. The number of hydrogen-bond donors (Lipinski definition) is 1. The van der Waals surface area contributed by atoms with E-state index < -0.39 is 5.60 Å². The van der Waals surface area contributed by atoms with Gasteiger partial charge in [0.1, 0.15) is 5.60 Å². The molecule has 0 aromatic carbocycles. The first-order valence-corrected chi connectivity index (χ1v) is 2.55. The van der Waals surface area contributed by atoms with Crippen LogP contribution in [0.3, 0.4) is 0 Å². The van der Waals surface area contributed by atoms with Crippen LogP contribution >= 0.6 is 0 Å². The molecule has 0 saturated heterocycles. The highest BCUT2D eigenvalue weighted by Gasteiger charge is 2.03. The molecule has 9 heavy (non-hydrogen) atoms. The van der Waals surface area contributed by atoms with Gasteiger partial charge in [0, 0.05) is 0 Å². The summed E-state index contributed by atoms with van der Waals surface area (Å²) in [5, 5.41) is 8.59. The molecule has 0 saturated carbocycles. The Bertz CT molecular complexity index is 126. The Morgan fingerprint density at radius 1 is 1.33 bits per heavy atom. The third-order valence-electron chi connectivity index (χ3n) is 0.353. The Morgan fingerprint density at radius 2 is 1.44 bits per heavy atom. The van der Waals surface area contributed by atoms with Gasteiger partial charge < -0.3 is 5.11 Å². The Hall–Kier alpha value is -0.920. The zero-order valence-corrected chi connectivity index (χ0v) is 6.10. The smallest absolute Gasteiger partial charge is 0.119 e. The maximum Gasteiger partial charge on any atom is 0.119 e. The van der Waals surface area contributed by atoms with Crippen LogP contribution in [0.5, 0.6) is 0 Å². The molecule has 0 bridgehead atoms. The van der Waals surface area contributed by atoms with E-state index in [0.29, 0.717) is 0 Å². The maximum absolute atomic E-state index is 8.59. The molecular formula is C8H12O. The van der Waals surface area contributed by atoms with E-state index in [1.807, 2.05) is 0 Å². The van der Waals surface area contributed by atoms with Crippen LogP contribution in [0.4, 0.5) is 0 Å². The van der Waals surface area contributed by atoms with Crippen molar-refractivity contribution in [1.82, 2.24) is 0 Å². The summed E-state index contributed by atoms with van der Waals surface area (Å²) < 4.78 is 0. The Balaban J connectivity index is 0. The molecule has 1 heteroatoms. The molecular weight excluding hydrogens is 112 g/mol. The molecule has 0 unspecified atom stereocenters. The highest BCUT2D eigenvalue weighted by molar-refractivity contribution is 5.00. The van der Waals surface area contributed by atoms with E-state index in [2.05, 4.69) is 18.3 Å². The summed E-state index contributed by atoms with van der Waals surface area (Å²) >= 11 is 0. The van der Waals surface area contributed by atoms with Crippen LogP contribution < -0.4 is 0 Å². The SMILES string of the molecule is C#CC.C#CC(C)(C)O. The van der Waals surface area contributed by atoms with Gasteiger partial charge in [-0.1, -0.05) is 5.92 Å². The van der Waals surface area contributed by atoms with Crippen LogP contribution in [0.1, 0.15) is 20.8 Å². The molecule has 50 valence electrons.